The molecule has 5 heteroatoms. The number of hydrogen-bond acceptors (Lipinski definition) is 3. The van der Waals surface area contributed by atoms with Gasteiger partial charge in [-0.2, -0.15) is 0 Å². The second-order valence-corrected chi connectivity index (χ2v) is 5.44. The van der Waals surface area contributed by atoms with Crippen molar-refractivity contribution in [1.82, 2.24) is 14.9 Å². The molecule has 1 N–H and O–H groups in total. The van der Waals surface area contributed by atoms with E-state index in [0.717, 1.165) is 35.8 Å². The Morgan fingerprint density at radius 3 is 3.00 bits per heavy atom. The first kappa shape index (κ1) is 15.9. The highest BCUT2D eigenvalue weighted by atomic mass is 35.5. The Morgan fingerprint density at radius 1 is 1.43 bits per heavy atom. The molecule has 0 fully saturated rings. The van der Waals surface area contributed by atoms with Crippen molar-refractivity contribution in [1.29, 1.82) is 0 Å². The number of hydrogen-bond donors (Lipinski definition) is 1. The highest BCUT2D eigenvalue weighted by Gasteiger charge is 2.12. The van der Waals surface area contributed by atoms with E-state index >= 15 is 0 Å². The van der Waals surface area contributed by atoms with Gasteiger partial charge in [0.1, 0.15) is 12.4 Å². The quantitative estimate of drug-likeness (QED) is 0.808. The fraction of sp³-hybridized carbons (Fsp3) is 0.438. The summed E-state index contributed by atoms with van der Waals surface area (Å²) in [6, 6.07) is 5.99. The minimum absolute atomic E-state index is 0.215. The molecule has 0 spiro atoms. The number of ether oxygens (including phenoxy) is 1. The fourth-order valence-electron chi connectivity index (χ4n) is 2.14. The molecule has 0 saturated carbocycles. The van der Waals surface area contributed by atoms with Crippen LogP contribution in [0.25, 0.3) is 0 Å². The predicted octanol–water partition coefficient (Wildman–Crippen LogP) is 3.68. The number of halogens is 1. The molecule has 2 aromatic rings. The zero-order valence-electron chi connectivity index (χ0n) is 12.6. The Balaban J connectivity index is 2.00. The highest BCUT2D eigenvalue weighted by Crippen LogP contribution is 2.28. The third kappa shape index (κ3) is 4.76. The minimum Gasteiger partial charge on any atom is -0.491 e. The molecule has 1 aromatic heterocycles. The van der Waals surface area contributed by atoms with Crippen molar-refractivity contribution in [2.75, 3.05) is 13.2 Å². The summed E-state index contributed by atoms with van der Waals surface area (Å²) in [6.07, 6.45) is 6.58. The Labute approximate surface area is 131 Å². The van der Waals surface area contributed by atoms with Gasteiger partial charge in [0, 0.05) is 29.0 Å². The first-order valence-electron chi connectivity index (χ1n) is 7.32. The predicted molar refractivity (Wildman–Crippen MR) is 85.9 cm³/mol. The number of rotatable bonds is 8. The fourth-order valence-corrected chi connectivity index (χ4v) is 2.32. The highest BCUT2D eigenvalue weighted by molar-refractivity contribution is 6.30. The van der Waals surface area contributed by atoms with Gasteiger partial charge in [-0.3, -0.25) is 0 Å². The summed E-state index contributed by atoms with van der Waals surface area (Å²) in [6.45, 7) is 6.64. The summed E-state index contributed by atoms with van der Waals surface area (Å²) < 4.78 is 7.91. The molecule has 0 saturated heterocycles. The lowest BCUT2D eigenvalue weighted by Crippen LogP contribution is -2.20. The number of nitrogens with zero attached hydrogens (tertiary/aromatic N) is 2. The molecule has 114 valence electrons. The Kier molecular flexibility index (Phi) is 6.08. The van der Waals surface area contributed by atoms with Crippen molar-refractivity contribution in [2.45, 2.75) is 32.9 Å². The molecule has 21 heavy (non-hydrogen) atoms. The Morgan fingerprint density at radius 2 is 2.29 bits per heavy atom. The lowest BCUT2D eigenvalue weighted by Gasteiger charge is -2.18. The molecule has 1 aromatic carbocycles. The van der Waals surface area contributed by atoms with Gasteiger partial charge in [0.15, 0.2) is 0 Å². The van der Waals surface area contributed by atoms with Crippen LogP contribution in [0.1, 0.15) is 31.9 Å². The van der Waals surface area contributed by atoms with Gasteiger partial charge in [-0.15, -0.1) is 0 Å². The molecule has 0 radical (unpaired) electrons. The van der Waals surface area contributed by atoms with Gasteiger partial charge in [0.05, 0.1) is 12.9 Å². The number of imidazole rings is 1. The minimum atomic E-state index is 0.215. The Bertz CT molecular complexity index is 542. The van der Waals surface area contributed by atoms with E-state index in [0.29, 0.717) is 6.61 Å². The van der Waals surface area contributed by atoms with E-state index in [1.165, 1.54) is 0 Å². The van der Waals surface area contributed by atoms with Gasteiger partial charge in [-0.05, 0) is 38.1 Å². The molecule has 0 amide bonds. The van der Waals surface area contributed by atoms with Crippen LogP contribution in [0.5, 0.6) is 5.75 Å². The van der Waals surface area contributed by atoms with Gasteiger partial charge < -0.3 is 14.6 Å². The molecule has 0 aliphatic rings. The van der Waals surface area contributed by atoms with Crippen molar-refractivity contribution in [3.8, 4) is 5.75 Å². The molecule has 4 nitrogen and oxygen atoms in total. The summed E-state index contributed by atoms with van der Waals surface area (Å²) in [5.74, 6) is 0.885. The average Bonchev–Trinajstić information content (AvgIpc) is 2.99. The number of nitrogens with one attached hydrogen (secondary N) is 1. The third-order valence-electron chi connectivity index (χ3n) is 3.31. The number of benzene rings is 1. The summed E-state index contributed by atoms with van der Waals surface area (Å²) >= 11 is 6.11. The molecule has 1 unspecified atom stereocenters. The van der Waals surface area contributed by atoms with Gasteiger partial charge in [0.25, 0.3) is 0 Å². The van der Waals surface area contributed by atoms with E-state index in [9.17, 15) is 0 Å². The average molecular weight is 308 g/mol. The molecular weight excluding hydrogens is 286 g/mol. The third-order valence-corrected chi connectivity index (χ3v) is 3.54. The van der Waals surface area contributed by atoms with Crippen molar-refractivity contribution in [3.05, 3.63) is 47.5 Å². The SMILES string of the molecule is CCCNC(C)c1cc(Cl)ccc1OCCn1ccnc1. The molecule has 1 heterocycles. The van der Waals surface area contributed by atoms with Crippen molar-refractivity contribution >= 4 is 11.6 Å². The smallest absolute Gasteiger partial charge is 0.124 e. The zero-order chi connectivity index (χ0) is 15.1. The second-order valence-electron chi connectivity index (χ2n) is 5.01. The number of aromatic nitrogens is 2. The van der Waals surface area contributed by atoms with Crippen molar-refractivity contribution in [2.24, 2.45) is 0 Å². The summed E-state index contributed by atoms with van der Waals surface area (Å²) in [5, 5.41) is 4.20. The van der Waals surface area contributed by atoms with E-state index in [1.54, 1.807) is 12.5 Å². The monoisotopic (exact) mass is 307 g/mol. The van der Waals surface area contributed by atoms with Gasteiger partial charge >= 0.3 is 0 Å². The lowest BCUT2D eigenvalue weighted by molar-refractivity contribution is 0.292. The maximum Gasteiger partial charge on any atom is 0.124 e. The van der Waals surface area contributed by atoms with Crippen LogP contribution >= 0.6 is 11.6 Å². The largest absolute Gasteiger partial charge is 0.491 e. The van der Waals surface area contributed by atoms with Gasteiger partial charge in [-0.1, -0.05) is 18.5 Å². The summed E-state index contributed by atoms with van der Waals surface area (Å²) in [7, 11) is 0. The maximum atomic E-state index is 6.11. The maximum absolute atomic E-state index is 6.11. The first-order valence-corrected chi connectivity index (χ1v) is 7.70. The Hall–Kier alpha value is -1.52. The van der Waals surface area contributed by atoms with E-state index in [1.807, 2.05) is 29.0 Å². The van der Waals surface area contributed by atoms with Crippen LogP contribution in [0.4, 0.5) is 0 Å². The topological polar surface area (TPSA) is 39.1 Å². The molecule has 0 bridgehead atoms. The van der Waals surface area contributed by atoms with E-state index in [2.05, 4.69) is 24.1 Å². The molecule has 0 aliphatic carbocycles. The van der Waals surface area contributed by atoms with E-state index in [-0.39, 0.29) is 6.04 Å². The second kappa shape index (κ2) is 8.05. The molecule has 2 rings (SSSR count). The van der Waals surface area contributed by atoms with Crippen LogP contribution in [0.15, 0.2) is 36.9 Å². The van der Waals surface area contributed by atoms with Crippen molar-refractivity contribution in [3.63, 3.8) is 0 Å². The van der Waals surface area contributed by atoms with Crippen LogP contribution in [-0.2, 0) is 6.54 Å². The van der Waals surface area contributed by atoms with E-state index < -0.39 is 0 Å². The summed E-state index contributed by atoms with van der Waals surface area (Å²) in [5.41, 5.74) is 1.10. The van der Waals surface area contributed by atoms with Crippen LogP contribution in [-0.4, -0.2) is 22.7 Å². The summed E-state index contributed by atoms with van der Waals surface area (Å²) in [4.78, 5) is 4.02. The molecular formula is C16H22ClN3O. The van der Waals surface area contributed by atoms with Crippen molar-refractivity contribution < 1.29 is 4.74 Å². The standard InChI is InChI=1S/C16H22ClN3O/c1-3-6-19-13(2)15-11-14(17)4-5-16(15)21-10-9-20-8-7-18-12-20/h4-5,7-8,11-13,19H,3,6,9-10H2,1-2H3. The molecule has 0 aliphatic heterocycles. The van der Waals surface area contributed by atoms with Crippen LogP contribution in [0.3, 0.4) is 0 Å². The lowest BCUT2D eigenvalue weighted by atomic mass is 10.1. The van der Waals surface area contributed by atoms with E-state index in [4.69, 9.17) is 16.3 Å². The van der Waals surface area contributed by atoms with Crippen LogP contribution in [0, 0.1) is 0 Å². The van der Waals surface area contributed by atoms with Crippen LogP contribution < -0.4 is 10.1 Å². The van der Waals surface area contributed by atoms with Crippen LogP contribution in [0.2, 0.25) is 5.02 Å². The van der Waals surface area contributed by atoms with Gasteiger partial charge in [-0.25, -0.2) is 4.98 Å². The zero-order valence-corrected chi connectivity index (χ0v) is 13.3. The first-order chi connectivity index (χ1) is 10.2. The molecule has 1 atom stereocenters. The normalized spacial score (nSPS) is 12.3. The van der Waals surface area contributed by atoms with Gasteiger partial charge in [0.2, 0.25) is 0 Å².